The first kappa shape index (κ1) is 16.8. The molecule has 0 saturated carbocycles. The maximum atomic E-state index is 12.5. The van der Waals surface area contributed by atoms with Crippen LogP contribution in [0, 0.1) is 20.8 Å². The molecule has 0 atom stereocenters. The smallest absolute Gasteiger partial charge is 0.287 e. The highest BCUT2D eigenvalue weighted by molar-refractivity contribution is 6.00. The highest BCUT2D eigenvalue weighted by Gasteiger charge is 2.23. The van der Waals surface area contributed by atoms with Gasteiger partial charge in [0.05, 0.1) is 0 Å². The number of hydrogen-bond donors (Lipinski definition) is 2. The maximum Gasteiger partial charge on any atom is 0.287 e. The second-order valence-electron chi connectivity index (χ2n) is 5.96. The van der Waals surface area contributed by atoms with Crippen molar-refractivity contribution in [3.8, 4) is 0 Å². The normalized spacial score (nSPS) is 15.6. The number of nitrogens with one attached hydrogen (secondary N) is 2. The molecular weight excluding hydrogens is 300 g/mol. The number of amides is 1. The molecular formula is C17H23ClN2O2. The molecule has 2 aromatic rings. The molecule has 0 unspecified atom stereocenters. The number of aryl methyl sites for hydroxylation is 3. The molecule has 0 radical (unpaired) electrons. The van der Waals surface area contributed by atoms with Crippen molar-refractivity contribution in [2.75, 3.05) is 13.1 Å². The van der Waals surface area contributed by atoms with Crippen LogP contribution < -0.4 is 10.6 Å². The van der Waals surface area contributed by atoms with E-state index in [-0.39, 0.29) is 24.4 Å². The summed E-state index contributed by atoms with van der Waals surface area (Å²) in [5.74, 6) is 0.371. The summed E-state index contributed by atoms with van der Waals surface area (Å²) in [6.07, 6.45) is 1.95. The first-order chi connectivity index (χ1) is 10.1. The third kappa shape index (κ3) is 2.99. The molecule has 1 aliphatic heterocycles. The second kappa shape index (κ2) is 6.71. The number of carbonyl (C=O) groups is 1. The SMILES string of the molecule is Cc1ccc(C)c2c(C)c(C(=O)NC3CCNCC3)oc12.Cl. The minimum Gasteiger partial charge on any atom is -0.450 e. The lowest BCUT2D eigenvalue weighted by Gasteiger charge is -2.23. The molecule has 0 bridgehead atoms. The van der Waals surface area contributed by atoms with Gasteiger partial charge in [-0.25, -0.2) is 0 Å². The first-order valence-corrected chi connectivity index (χ1v) is 7.59. The summed E-state index contributed by atoms with van der Waals surface area (Å²) in [6, 6.07) is 4.36. The number of carbonyl (C=O) groups excluding carboxylic acids is 1. The predicted octanol–water partition coefficient (Wildman–Crippen LogP) is 3.26. The van der Waals surface area contributed by atoms with E-state index in [4.69, 9.17) is 4.42 Å². The molecule has 1 fully saturated rings. The van der Waals surface area contributed by atoms with E-state index in [1.807, 2.05) is 19.9 Å². The van der Waals surface area contributed by atoms with E-state index in [9.17, 15) is 4.79 Å². The minimum absolute atomic E-state index is 0. The molecule has 4 nitrogen and oxygen atoms in total. The number of fused-ring (bicyclic) bond motifs is 1. The van der Waals surface area contributed by atoms with Crippen molar-refractivity contribution in [3.05, 3.63) is 34.6 Å². The summed E-state index contributed by atoms with van der Waals surface area (Å²) in [5, 5.41) is 7.48. The zero-order valence-electron chi connectivity index (χ0n) is 13.3. The van der Waals surface area contributed by atoms with E-state index >= 15 is 0 Å². The van der Waals surface area contributed by atoms with Crippen LogP contribution in [0.2, 0.25) is 0 Å². The van der Waals surface area contributed by atoms with Crippen LogP contribution in [0.1, 0.15) is 40.1 Å². The fourth-order valence-electron chi connectivity index (χ4n) is 3.11. The fourth-order valence-corrected chi connectivity index (χ4v) is 3.11. The number of piperidine rings is 1. The van der Waals surface area contributed by atoms with Gasteiger partial charge in [0.15, 0.2) is 5.76 Å². The number of benzene rings is 1. The topological polar surface area (TPSA) is 54.3 Å². The van der Waals surface area contributed by atoms with Gasteiger partial charge < -0.3 is 15.1 Å². The Morgan fingerprint density at radius 3 is 2.45 bits per heavy atom. The van der Waals surface area contributed by atoms with Gasteiger partial charge in [-0.3, -0.25) is 4.79 Å². The van der Waals surface area contributed by atoms with E-state index in [1.54, 1.807) is 0 Å². The van der Waals surface area contributed by atoms with Gasteiger partial charge in [0.2, 0.25) is 0 Å². The summed E-state index contributed by atoms with van der Waals surface area (Å²) in [6.45, 7) is 7.96. The van der Waals surface area contributed by atoms with E-state index in [1.165, 1.54) is 0 Å². The summed E-state index contributed by atoms with van der Waals surface area (Å²) in [7, 11) is 0. The van der Waals surface area contributed by atoms with Gasteiger partial charge in [0, 0.05) is 17.0 Å². The summed E-state index contributed by atoms with van der Waals surface area (Å²) >= 11 is 0. The second-order valence-corrected chi connectivity index (χ2v) is 5.96. The third-order valence-electron chi connectivity index (χ3n) is 4.36. The van der Waals surface area contributed by atoms with Crippen molar-refractivity contribution >= 4 is 29.3 Å². The molecule has 1 aliphatic rings. The molecule has 1 aromatic carbocycles. The molecule has 1 amide bonds. The molecule has 0 spiro atoms. The van der Waals surface area contributed by atoms with Crippen LogP contribution in [0.5, 0.6) is 0 Å². The molecule has 22 heavy (non-hydrogen) atoms. The lowest BCUT2D eigenvalue weighted by molar-refractivity contribution is 0.0902. The van der Waals surface area contributed by atoms with Crippen LogP contribution in [0.15, 0.2) is 16.5 Å². The summed E-state index contributed by atoms with van der Waals surface area (Å²) < 4.78 is 5.89. The number of furan rings is 1. The van der Waals surface area contributed by atoms with Crippen LogP contribution in [0.4, 0.5) is 0 Å². The van der Waals surface area contributed by atoms with Crippen LogP contribution >= 0.6 is 12.4 Å². The van der Waals surface area contributed by atoms with Crippen molar-refractivity contribution < 1.29 is 9.21 Å². The molecule has 5 heteroatoms. The first-order valence-electron chi connectivity index (χ1n) is 7.59. The Morgan fingerprint density at radius 2 is 1.82 bits per heavy atom. The van der Waals surface area contributed by atoms with Gasteiger partial charge in [-0.2, -0.15) is 0 Å². The van der Waals surface area contributed by atoms with Gasteiger partial charge in [-0.1, -0.05) is 12.1 Å². The Bertz CT molecular complexity index is 688. The largest absolute Gasteiger partial charge is 0.450 e. The lowest BCUT2D eigenvalue weighted by atomic mass is 10.0. The van der Waals surface area contributed by atoms with Crippen LogP contribution in [0.25, 0.3) is 11.0 Å². The predicted molar refractivity (Wildman–Crippen MR) is 91.0 cm³/mol. The van der Waals surface area contributed by atoms with Crippen LogP contribution in [-0.2, 0) is 0 Å². The van der Waals surface area contributed by atoms with Crippen molar-refractivity contribution in [3.63, 3.8) is 0 Å². The average molecular weight is 323 g/mol. The van der Waals surface area contributed by atoms with Gasteiger partial charge in [0.1, 0.15) is 5.58 Å². The third-order valence-corrected chi connectivity index (χ3v) is 4.36. The molecule has 2 N–H and O–H groups in total. The molecule has 1 saturated heterocycles. The van der Waals surface area contributed by atoms with Gasteiger partial charge in [-0.15, -0.1) is 12.4 Å². The molecule has 1 aromatic heterocycles. The molecule has 0 aliphatic carbocycles. The quantitative estimate of drug-likeness (QED) is 0.892. The average Bonchev–Trinajstić information content (AvgIpc) is 2.83. The lowest BCUT2D eigenvalue weighted by Crippen LogP contribution is -2.42. The van der Waals surface area contributed by atoms with Crippen LogP contribution in [0.3, 0.4) is 0 Å². The Hall–Kier alpha value is -1.52. The van der Waals surface area contributed by atoms with Crippen molar-refractivity contribution in [1.29, 1.82) is 0 Å². The standard InChI is InChI=1S/C17H22N2O2.ClH/c1-10-4-5-11(2)15-14(10)12(3)16(21-15)17(20)19-13-6-8-18-9-7-13;/h4-5,13,18H,6-9H2,1-3H3,(H,19,20);1H. The molecule has 2 heterocycles. The highest BCUT2D eigenvalue weighted by atomic mass is 35.5. The fraction of sp³-hybridized carbons (Fsp3) is 0.471. The highest BCUT2D eigenvalue weighted by Crippen LogP contribution is 2.30. The Kier molecular flexibility index (Phi) is 5.14. The van der Waals surface area contributed by atoms with Gasteiger partial charge in [-0.05, 0) is 57.8 Å². The van der Waals surface area contributed by atoms with Crippen molar-refractivity contribution in [1.82, 2.24) is 10.6 Å². The minimum atomic E-state index is -0.0885. The number of rotatable bonds is 2. The Morgan fingerprint density at radius 1 is 1.18 bits per heavy atom. The number of hydrogen-bond acceptors (Lipinski definition) is 3. The van der Waals surface area contributed by atoms with E-state index in [0.717, 1.165) is 53.6 Å². The van der Waals surface area contributed by atoms with Crippen LogP contribution in [-0.4, -0.2) is 25.0 Å². The van der Waals surface area contributed by atoms with E-state index in [0.29, 0.717) is 5.76 Å². The zero-order valence-corrected chi connectivity index (χ0v) is 14.1. The van der Waals surface area contributed by atoms with E-state index < -0.39 is 0 Å². The molecule has 3 rings (SSSR count). The van der Waals surface area contributed by atoms with Crippen molar-refractivity contribution in [2.24, 2.45) is 0 Å². The monoisotopic (exact) mass is 322 g/mol. The molecule has 120 valence electrons. The summed E-state index contributed by atoms with van der Waals surface area (Å²) in [4.78, 5) is 12.5. The Labute approximate surface area is 137 Å². The number of halogens is 1. The van der Waals surface area contributed by atoms with Gasteiger partial charge in [0.25, 0.3) is 5.91 Å². The zero-order chi connectivity index (χ0) is 15.0. The van der Waals surface area contributed by atoms with Gasteiger partial charge >= 0.3 is 0 Å². The summed E-state index contributed by atoms with van der Waals surface area (Å²) in [5.41, 5.74) is 4.00. The Balaban J connectivity index is 0.00000176. The van der Waals surface area contributed by atoms with Crippen molar-refractivity contribution in [2.45, 2.75) is 39.7 Å². The van der Waals surface area contributed by atoms with E-state index in [2.05, 4.69) is 23.6 Å². The maximum absolute atomic E-state index is 12.5.